The molecule has 0 spiro atoms. The number of Topliss-reactive ketones (excluding diaryl/α,β-unsaturated/α-hetero) is 3. The Kier molecular flexibility index (Phi) is 19.7. The Bertz CT molecular complexity index is 2780. The number of hydrogen-bond acceptors (Lipinski definition) is 11. The van der Waals surface area contributed by atoms with Crippen LogP contribution < -0.4 is 26.0 Å². The first-order valence-corrected chi connectivity index (χ1v) is 25.9. The molecule has 19 heteroatoms. The van der Waals surface area contributed by atoms with E-state index in [4.69, 9.17) is 20.5 Å². The van der Waals surface area contributed by atoms with E-state index in [-0.39, 0.29) is 64.2 Å². The SMILES string of the molecule is N#Cc1cc(NC(=O)N2CCC(=O)[C@H]3CCCC[C@@H]32)ccc1F.N#Cc1cc(NC(=O)N2CCC(=O)[C@H]3CCCC[C@H]32)ccc1F.N#Cc1cc(NC(=O)Oc2ccccc2)ccc1F.O=C1CCNC2CCCCC12. The van der Waals surface area contributed by atoms with Crippen molar-refractivity contribution in [1.82, 2.24) is 15.1 Å². The van der Waals surface area contributed by atoms with Crippen molar-refractivity contribution in [3.05, 3.63) is 119 Å². The van der Waals surface area contributed by atoms with E-state index in [9.17, 15) is 41.9 Å². The van der Waals surface area contributed by atoms with E-state index in [2.05, 4.69) is 21.3 Å². The molecular weight excluding hydrogens is 980 g/mol. The molecule has 3 heterocycles. The van der Waals surface area contributed by atoms with Gasteiger partial charge in [-0.3, -0.25) is 19.7 Å². The average Bonchev–Trinajstić information content (AvgIpc) is 3.44. The molecule has 4 N–H and O–H groups in total. The van der Waals surface area contributed by atoms with Crippen molar-refractivity contribution in [1.29, 1.82) is 15.8 Å². The number of urea groups is 2. The molecule has 6 atom stereocenters. The minimum absolute atomic E-state index is 0.0408. The van der Waals surface area contributed by atoms with Crippen LogP contribution in [-0.2, 0) is 14.4 Å². The number of para-hydroxylation sites is 1. The van der Waals surface area contributed by atoms with Crippen LogP contribution in [0.5, 0.6) is 5.75 Å². The van der Waals surface area contributed by atoms with Gasteiger partial charge in [0.25, 0.3) is 0 Å². The molecule has 16 nitrogen and oxygen atoms in total. The predicted molar refractivity (Wildman–Crippen MR) is 275 cm³/mol. The Labute approximate surface area is 439 Å². The number of ketones is 3. The number of benzene rings is 4. The lowest BCUT2D eigenvalue weighted by atomic mass is 9.77. The van der Waals surface area contributed by atoms with Crippen molar-refractivity contribution in [3.63, 3.8) is 0 Å². The molecule has 76 heavy (non-hydrogen) atoms. The zero-order valence-electron chi connectivity index (χ0n) is 42.0. The lowest BCUT2D eigenvalue weighted by Crippen LogP contribution is -2.54. The normalized spacial score (nSPS) is 22.3. The third-order valence-corrected chi connectivity index (χ3v) is 14.7. The summed E-state index contributed by atoms with van der Waals surface area (Å²) in [6.45, 7) is 1.75. The fraction of sp³-hybridized carbons (Fsp3) is 0.421. The van der Waals surface area contributed by atoms with Crippen molar-refractivity contribution in [3.8, 4) is 24.0 Å². The zero-order valence-corrected chi connectivity index (χ0v) is 42.0. The van der Waals surface area contributed by atoms with Crippen LogP contribution in [0.25, 0.3) is 0 Å². The Hall–Kier alpha value is -8.08. The fourth-order valence-corrected chi connectivity index (χ4v) is 10.9. The molecule has 396 valence electrons. The van der Waals surface area contributed by atoms with Gasteiger partial charge in [-0.25, -0.2) is 27.6 Å². The number of rotatable bonds is 4. The van der Waals surface area contributed by atoms with Gasteiger partial charge in [0.1, 0.15) is 58.8 Å². The topological polar surface area (TPSA) is 238 Å². The van der Waals surface area contributed by atoms with E-state index in [1.54, 1.807) is 58.3 Å². The first-order chi connectivity index (χ1) is 36.8. The molecular formula is C57H60F3N9O7. The number of halogens is 3. The quantitative estimate of drug-likeness (QED) is 0.150. The summed E-state index contributed by atoms with van der Waals surface area (Å²) in [4.78, 5) is 75.6. The number of anilines is 3. The number of amides is 5. The molecule has 0 radical (unpaired) electrons. The Morgan fingerprint density at radius 3 is 1.38 bits per heavy atom. The largest absolute Gasteiger partial charge is 0.417 e. The Balaban J connectivity index is 0.000000152. The second-order valence-electron chi connectivity index (χ2n) is 19.5. The van der Waals surface area contributed by atoms with Gasteiger partial charge in [-0.1, -0.05) is 56.7 Å². The van der Waals surface area contributed by atoms with Crippen LogP contribution in [0.2, 0.25) is 0 Å². The van der Waals surface area contributed by atoms with Crippen LogP contribution in [0, 0.1) is 69.2 Å². The van der Waals surface area contributed by atoms with Gasteiger partial charge in [-0.05, 0) is 105 Å². The van der Waals surface area contributed by atoms with E-state index >= 15 is 0 Å². The molecule has 2 unspecified atom stereocenters. The number of carbonyl (C=O) groups excluding carboxylic acids is 6. The van der Waals surface area contributed by atoms with Gasteiger partial charge in [-0.15, -0.1) is 0 Å². The number of nitriles is 3. The number of nitrogens with one attached hydrogen (secondary N) is 4. The molecule has 0 aromatic heterocycles. The molecule has 3 aliphatic heterocycles. The zero-order chi connectivity index (χ0) is 54.1. The standard InChI is InChI=1S/2C17H18FN3O2.C14H9FN2O2.C9H15NO/c2*18-14-6-5-12(9-11(14)10-19)20-17(23)21-8-7-16(22)13-3-1-2-4-15(13)21;15-13-7-6-11(8-10(13)9-16)17-14(18)19-12-4-2-1-3-5-12;11-9-5-6-10-8-4-2-1-3-7(8)9/h2*5-6,9,13,15H,1-4,7-8H2,(H,20,23);1-8H,(H,17,18);7-8,10H,1-6H2/t13-,15+;13-,15-;;/m00../s1. The van der Waals surface area contributed by atoms with Crippen LogP contribution in [0.4, 0.5) is 44.6 Å². The number of carbonyl (C=O) groups is 6. The Morgan fingerprint density at radius 1 is 0.526 bits per heavy atom. The highest BCUT2D eigenvalue weighted by Crippen LogP contribution is 2.35. The summed E-state index contributed by atoms with van der Waals surface area (Å²) >= 11 is 0. The number of likely N-dealkylation sites (tertiary alicyclic amines) is 2. The maximum absolute atomic E-state index is 13.3. The first-order valence-electron chi connectivity index (χ1n) is 25.9. The molecule has 4 aromatic rings. The van der Waals surface area contributed by atoms with Crippen LogP contribution in [-0.4, -0.2) is 83.1 Å². The van der Waals surface area contributed by atoms with Crippen LogP contribution in [0.15, 0.2) is 84.9 Å². The number of ether oxygens (including phenoxy) is 1. The third kappa shape index (κ3) is 14.6. The van der Waals surface area contributed by atoms with Crippen molar-refractivity contribution in [2.75, 3.05) is 35.6 Å². The second-order valence-corrected chi connectivity index (χ2v) is 19.5. The smallest absolute Gasteiger partial charge is 0.410 e. The number of hydrogen-bond donors (Lipinski definition) is 4. The summed E-state index contributed by atoms with van der Waals surface area (Å²) in [5.41, 5.74) is 0.713. The monoisotopic (exact) mass is 1040 g/mol. The molecule has 6 fully saturated rings. The summed E-state index contributed by atoms with van der Waals surface area (Å²) in [5, 5.41) is 37.7. The van der Waals surface area contributed by atoms with Crippen LogP contribution >= 0.6 is 0 Å². The molecule has 3 aliphatic carbocycles. The minimum atomic E-state index is -0.707. The van der Waals surface area contributed by atoms with Crippen molar-refractivity contribution in [2.45, 2.75) is 114 Å². The van der Waals surface area contributed by atoms with Gasteiger partial charge in [0, 0.05) is 91.8 Å². The number of fused-ring (bicyclic) bond motifs is 3. The average molecular weight is 1040 g/mol. The first kappa shape index (κ1) is 55.7. The second kappa shape index (κ2) is 26.9. The summed E-state index contributed by atoms with van der Waals surface area (Å²) < 4.78 is 44.8. The van der Waals surface area contributed by atoms with Gasteiger partial charge >= 0.3 is 18.2 Å². The summed E-state index contributed by atoms with van der Waals surface area (Å²) in [6.07, 6.45) is 13.3. The van der Waals surface area contributed by atoms with Crippen molar-refractivity contribution in [2.24, 2.45) is 17.8 Å². The molecule has 5 amide bonds. The Morgan fingerprint density at radius 2 is 0.934 bits per heavy atom. The van der Waals surface area contributed by atoms with Gasteiger partial charge < -0.3 is 30.5 Å². The van der Waals surface area contributed by atoms with E-state index in [1.165, 1.54) is 55.7 Å². The highest BCUT2D eigenvalue weighted by atomic mass is 19.1. The minimum Gasteiger partial charge on any atom is -0.410 e. The fourth-order valence-electron chi connectivity index (χ4n) is 10.9. The van der Waals surface area contributed by atoms with E-state index in [1.807, 2.05) is 0 Å². The van der Waals surface area contributed by atoms with Gasteiger partial charge in [-0.2, -0.15) is 15.8 Å². The number of piperidine rings is 3. The maximum atomic E-state index is 13.3. The molecule has 0 bridgehead atoms. The van der Waals surface area contributed by atoms with Gasteiger partial charge in [0.05, 0.1) is 16.7 Å². The van der Waals surface area contributed by atoms with Crippen molar-refractivity contribution >= 4 is 52.6 Å². The molecule has 10 rings (SSSR count). The summed E-state index contributed by atoms with van der Waals surface area (Å²) in [7, 11) is 0. The highest BCUT2D eigenvalue weighted by molar-refractivity contribution is 5.93. The third-order valence-electron chi connectivity index (χ3n) is 14.7. The number of nitrogens with zero attached hydrogens (tertiary/aromatic N) is 5. The predicted octanol–water partition coefficient (Wildman–Crippen LogP) is 10.5. The van der Waals surface area contributed by atoms with E-state index in [0.29, 0.717) is 66.5 Å². The highest BCUT2D eigenvalue weighted by Gasteiger charge is 2.42. The lowest BCUT2D eigenvalue weighted by Gasteiger charge is -2.42. The molecule has 3 saturated carbocycles. The van der Waals surface area contributed by atoms with Gasteiger partial charge in [0.2, 0.25) is 0 Å². The molecule has 6 aliphatic rings. The summed E-state index contributed by atoms with van der Waals surface area (Å²) in [5.74, 6) is -0.169. The summed E-state index contributed by atoms with van der Waals surface area (Å²) in [6, 6.07) is 25.1. The van der Waals surface area contributed by atoms with Crippen LogP contribution in [0.3, 0.4) is 0 Å². The van der Waals surface area contributed by atoms with E-state index < -0.39 is 23.5 Å². The molecule has 3 saturated heterocycles. The maximum Gasteiger partial charge on any atom is 0.417 e. The lowest BCUT2D eigenvalue weighted by molar-refractivity contribution is -0.129. The van der Waals surface area contributed by atoms with Crippen molar-refractivity contribution < 1.29 is 46.7 Å². The van der Waals surface area contributed by atoms with Crippen LogP contribution in [0.1, 0.15) is 113 Å². The van der Waals surface area contributed by atoms with E-state index in [0.717, 1.165) is 89.0 Å². The van der Waals surface area contributed by atoms with Gasteiger partial charge in [0.15, 0.2) is 0 Å². The molecule has 4 aromatic carbocycles.